The van der Waals surface area contributed by atoms with Crippen LogP contribution in [0.25, 0.3) is 0 Å². The molecule has 5 heteroatoms. The Morgan fingerprint density at radius 2 is 2.00 bits per heavy atom. The molecule has 1 unspecified atom stereocenters. The van der Waals surface area contributed by atoms with Crippen LogP contribution in [0.2, 0.25) is 0 Å². The van der Waals surface area contributed by atoms with E-state index in [1.54, 1.807) is 6.92 Å². The number of hydrogen-bond donors (Lipinski definition) is 3. The molecule has 3 N–H and O–H groups in total. The Balaban J connectivity index is 3.39. The van der Waals surface area contributed by atoms with Gasteiger partial charge in [0.2, 0.25) is 0 Å². The molecular formula is C7H13NO4. The zero-order chi connectivity index (χ0) is 9.56. The van der Waals surface area contributed by atoms with Crippen molar-refractivity contribution in [3.05, 3.63) is 0 Å². The van der Waals surface area contributed by atoms with Crippen LogP contribution in [-0.2, 0) is 4.79 Å². The summed E-state index contributed by atoms with van der Waals surface area (Å²) in [6.45, 7) is 2.11. The molecule has 0 aliphatic rings. The van der Waals surface area contributed by atoms with Crippen LogP contribution in [0, 0.1) is 5.92 Å². The van der Waals surface area contributed by atoms with E-state index >= 15 is 0 Å². The van der Waals surface area contributed by atoms with E-state index in [0.29, 0.717) is 13.0 Å². The summed E-state index contributed by atoms with van der Waals surface area (Å²) in [4.78, 5) is 20.1. The molecule has 0 aromatic rings. The molecule has 0 aromatic carbocycles. The molecule has 0 bridgehead atoms. The fourth-order valence-corrected chi connectivity index (χ4v) is 0.733. The summed E-state index contributed by atoms with van der Waals surface area (Å²) in [5, 5.41) is 18.7. The van der Waals surface area contributed by atoms with Crippen molar-refractivity contribution in [3.8, 4) is 0 Å². The second kappa shape index (κ2) is 5.40. The van der Waals surface area contributed by atoms with Gasteiger partial charge in [0.25, 0.3) is 0 Å². The molecule has 5 nitrogen and oxygen atoms in total. The van der Waals surface area contributed by atoms with Gasteiger partial charge in [-0.1, -0.05) is 6.92 Å². The molecule has 0 fully saturated rings. The summed E-state index contributed by atoms with van der Waals surface area (Å²) in [6.07, 6.45) is -0.491. The number of aliphatic carboxylic acids is 1. The van der Waals surface area contributed by atoms with Crippen LogP contribution in [0.3, 0.4) is 0 Å². The monoisotopic (exact) mass is 175 g/mol. The van der Waals surface area contributed by atoms with E-state index in [1.807, 2.05) is 0 Å². The number of rotatable bonds is 5. The second-order valence-electron chi connectivity index (χ2n) is 2.72. The van der Waals surface area contributed by atoms with Crippen LogP contribution < -0.4 is 5.32 Å². The fourth-order valence-electron chi connectivity index (χ4n) is 0.733. The fraction of sp³-hybridized carbons (Fsp3) is 0.714. The van der Waals surface area contributed by atoms with Crippen molar-refractivity contribution in [3.63, 3.8) is 0 Å². The summed E-state index contributed by atoms with van der Waals surface area (Å²) >= 11 is 0. The lowest BCUT2D eigenvalue weighted by molar-refractivity contribution is -0.137. The predicted octanol–water partition coefficient (Wildman–Crippen LogP) is 0.755. The SMILES string of the molecule is CC(CCC(=O)O)CNC(=O)O. The first-order valence-corrected chi connectivity index (χ1v) is 3.71. The van der Waals surface area contributed by atoms with Gasteiger partial charge in [0.05, 0.1) is 0 Å². The third-order valence-electron chi connectivity index (χ3n) is 1.45. The van der Waals surface area contributed by atoms with Crippen LogP contribution >= 0.6 is 0 Å². The minimum atomic E-state index is -1.07. The van der Waals surface area contributed by atoms with Crippen LogP contribution in [0.15, 0.2) is 0 Å². The molecule has 12 heavy (non-hydrogen) atoms. The molecule has 0 aliphatic carbocycles. The van der Waals surface area contributed by atoms with Crippen molar-refractivity contribution in [2.24, 2.45) is 5.92 Å². The molecule has 1 amide bonds. The highest BCUT2D eigenvalue weighted by Crippen LogP contribution is 2.03. The standard InChI is InChI=1S/C7H13NO4/c1-5(2-3-6(9)10)4-8-7(11)12/h5,8H,2-4H2,1H3,(H,9,10)(H,11,12). The number of carboxylic acids is 1. The largest absolute Gasteiger partial charge is 0.481 e. The molecule has 1 atom stereocenters. The summed E-state index contributed by atoms with van der Waals surface area (Å²) in [5.74, 6) is -0.783. The van der Waals surface area contributed by atoms with Gasteiger partial charge in [-0.15, -0.1) is 0 Å². The minimum Gasteiger partial charge on any atom is -0.481 e. The Labute approximate surface area is 70.4 Å². The van der Waals surface area contributed by atoms with E-state index in [1.165, 1.54) is 0 Å². The van der Waals surface area contributed by atoms with E-state index in [-0.39, 0.29) is 12.3 Å². The lowest BCUT2D eigenvalue weighted by atomic mass is 10.1. The molecule has 0 aliphatic heterocycles. The summed E-state index contributed by atoms with van der Waals surface area (Å²) in [7, 11) is 0. The Morgan fingerprint density at radius 1 is 1.42 bits per heavy atom. The first kappa shape index (κ1) is 10.7. The first-order chi connectivity index (χ1) is 5.52. The average molecular weight is 175 g/mol. The Kier molecular flexibility index (Phi) is 4.83. The van der Waals surface area contributed by atoms with Crippen LogP contribution in [0.1, 0.15) is 19.8 Å². The normalized spacial score (nSPS) is 12.1. The van der Waals surface area contributed by atoms with Crippen molar-refractivity contribution in [1.29, 1.82) is 0 Å². The van der Waals surface area contributed by atoms with E-state index in [4.69, 9.17) is 10.2 Å². The van der Waals surface area contributed by atoms with Gasteiger partial charge in [-0.3, -0.25) is 4.79 Å². The van der Waals surface area contributed by atoms with Gasteiger partial charge in [0.1, 0.15) is 0 Å². The van der Waals surface area contributed by atoms with Crippen molar-refractivity contribution in [2.75, 3.05) is 6.54 Å². The summed E-state index contributed by atoms with van der Waals surface area (Å²) < 4.78 is 0. The van der Waals surface area contributed by atoms with Gasteiger partial charge < -0.3 is 15.5 Å². The highest BCUT2D eigenvalue weighted by Gasteiger charge is 2.06. The van der Waals surface area contributed by atoms with Gasteiger partial charge in [0, 0.05) is 13.0 Å². The van der Waals surface area contributed by atoms with Crippen LogP contribution in [0.5, 0.6) is 0 Å². The Bertz CT molecular complexity index is 151. The highest BCUT2D eigenvalue weighted by atomic mass is 16.4. The third-order valence-corrected chi connectivity index (χ3v) is 1.45. The molecule has 0 spiro atoms. The number of carboxylic acid groups (broad SMARTS) is 2. The molecule has 0 aromatic heterocycles. The number of hydrogen-bond acceptors (Lipinski definition) is 2. The Morgan fingerprint density at radius 3 is 2.42 bits per heavy atom. The number of amides is 1. The van der Waals surface area contributed by atoms with Gasteiger partial charge in [-0.05, 0) is 12.3 Å². The van der Waals surface area contributed by atoms with Crippen molar-refractivity contribution in [2.45, 2.75) is 19.8 Å². The van der Waals surface area contributed by atoms with Crippen molar-refractivity contribution < 1.29 is 19.8 Å². The zero-order valence-electron chi connectivity index (χ0n) is 6.91. The zero-order valence-corrected chi connectivity index (χ0v) is 6.91. The quantitative estimate of drug-likeness (QED) is 0.575. The first-order valence-electron chi connectivity index (χ1n) is 3.71. The maximum Gasteiger partial charge on any atom is 0.404 e. The molecule has 0 rings (SSSR count). The maximum absolute atomic E-state index is 10.1. The van der Waals surface area contributed by atoms with E-state index in [2.05, 4.69) is 5.32 Å². The maximum atomic E-state index is 10.1. The van der Waals surface area contributed by atoms with Gasteiger partial charge >= 0.3 is 12.1 Å². The highest BCUT2D eigenvalue weighted by molar-refractivity contribution is 5.66. The Hall–Kier alpha value is -1.26. The molecular weight excluding hydrogens is 162 g/mol. The number of nitrogens with one attached hydrogen (secondary N) is 1. The molecule has 70 valence electrons. The minimum absolute atomic E-state index is 0.0669. The van der Waals surface area contributed by atoms with Crippen LogP contribution in [0.4, 0.5) is 4.79 Å². The van der Waals surface area contributed by atoms with E-state index < -0.39 is 12.1 Å². The van der Waals surface area contributed by atoms with Gasteiger partial charge in [0.15, 0.2) is 0 Å². The van der Waals surface area contributed by atoms with Crippen molar-refractivity contribution in [1.82, 2.24) is 5.32 Å². The van der Waals surface area contributed by atoms with E-state index in [9.17, 15) is 9.59 Å². The van der Waals surface area contributed by atoms with Gasteiger partial charge in [-0.25, -0.2) is 4.79 Å². The topological polar surface area (TPSA) is 86.6 Å². The molecule has 0 saturated carbocycles. The van der Waals surface area contributed by atoms with E-state index in [0.717, 1.165) is 0 Å². The van der Waals surface area contributed by atoms with Gasteiger partial charge in [-0.2, -0.15) is 0 Å². The predicted molar refractivity (Wildman–Crippen MR) is 42.1 cm³/mol. The summed E-state index contributed by atoms with van der Waals surface area (Å²) in [6, 6.07) is 0. The lowest BCUT2D eigenvalue weighted by Crippen LogP contribution is -2.26. The van der Waals surface area contributed by atoms with Crippen molar-refractivity contribution >= 4 is 12.1 Å². The molecule has 0 radical (unpaired) electrons. The lowest BCUT2D eigenvalue weighted by Gasteiger charge is -2.08. The summed E-state index contributed by atoms with van der Waals surface area (Å²) in [5.41, 5.74) is 0. The number of carbonyl (C=O) groups is 2. The van der Waals surface area contributed by atoms with Crippen LogP contribution in [-0.4, -0.2) is 28.8 Å². The third kappa shape index (κ3) is 6.85. The molecule has 0 saturated heterocycles. The molecule has 0 heterocycles. The smallest absolute Gasteiger partial charge is 0.404 e. The average Bonchev–Trinajstić information content (AvgIpc) is 1.96. The second-order valence-corrected chi connectivity index (χ2v) is 2.72.